The molecule has 0 bridgehead atoms. The normalized spacial score (nSPS) is 16.0. The van der Waals surface area contributed by atoms with Crippen LogP contribution in [0.3, 0.4) is 0 Å². The van der Waals surface area contributed by atoms with Crippen LogP contribution in [0.1, 0.15) is 75.8 Å². The Hall–Kier alpha value is -6.18. The Labute approximate surface area is 349 Å². The van der Waals surface area contributed by atoms with Crippen LogP contribution in [0.4, 0.5) is 5.69 Å². The fourth-order valence-electron chi connectivity index (χ4n) is 7.99. The van der Waals surface area contributed by atoms with E-state index in [0.29, 0.717) is 12.0 Å². The maximum Gasteiger partial charge on any atom is 0.0577 e. The summed E-state index contributed by atoms with van der Waals surface area (Å²) in [5.74, 6) is 0.405. The molecule has 1 nitrogen and oxygen atoms in total. The summed E-state index contributed by atoms with van der Waals surface area (Å²) in [4.78, 5) is 2.41. The van der Waals surface area contributed by atoms with Crippen molar-refractivity contribution in [2.24, 2.45) is 0 Å². The number of anilines is 1. The fraction of sp³-hybridized carbons (Fsp3) is 0.193. The quantitative estimate of drug-likeness (QED) is 0.173. The molecule has 1 heterocycles. The second-order valence-electron chi connectivity index (χ2n) is 15.5. The molecule has 0 radical (unpaired) electrons. The van der Waals surface area contributed by atoms with Crippen LogP contribution in [0, 0.1) is 34.6 Å². The standard InChI is InChI=1S/C31H31N.C12H12.2C7H8/c1-6-9-23-14-13-21(3)31(22(23)4)27-18-24(15-12-20(27)2)25-16-17-30-28(19-25)26-10-7-8-11-29(26)32(30)5;1-3-7-11(8-4-1)12-9-5-2-6-10-12;2*1-7-5-3-2-4-6-7/h6-19,28,30H,1-5H3;1,3-5,7-10H,2,6H2;2*2-6H,1H3/b9-6-;;;. The topological polar surface area (TPSA) is 3.24 Å². The molecule has 2 aliphatic carbocycles. The van der Waals surface area contributed by atoms with E-state index in [-0.39, 0.29) is 0 Å². The predicted molar refractivity (Wildman–Crippen MR) is 254 cm³/mol. The maximum absolute atomic E-state index is 2.47. The van der Waals surface area contributed by atoms with E-state index in [1.54, 1.807) is 0 Å². The summed E-state index contributed by atoms with van der Waals surface area (Å²) < 4.78 is 0. The molecule has 9 rings (SSSR count). The van der Waals surface area contributed by atoms with E-state index in [1.807, 2.05) is 36.4 Å². The van der Waals surface area contributed by atoms with Gasteiger partial charge in [0.25, 0.3) is 0 Å². The minimum absolute atomic E-state index is 0.405. The van der Waals surface area contributed by atoms with Crippen molar-refractivity contribution >= 4 is 22.9 Å². The predicted octanol–water partition coefficient (Wildman–Crippen LogP) is 15.3. The van der Waals surface area contributed by atoms with E-state index in [9.17, 15) is 0 Å². The zero-order valence-corrected chi connectivity index (χ0v) is 35.5. The first-order valence-electron chi connectivity index (χ1n) is 20.8. The van der Waals surface area contributed by atoms with E-state index in [4.69, 9.17) is 0 Å². The summed E-state index contributed by atoms with van der Waals surface area (Å²) in [5, 5.41) is 0. The van der Waals surface area contributed by atoms with Crippen LogP contribution in [-0.4, -0.2) is 13.1 Å². The Morgan fingerprint density at radius 1 is 0.586 bits per heavy atom. The van der Waals surface area contributed by atoms with Gasteiger partial charge in [-0.3, -0.25) is 0 Å². The average molecular weight is 758 g/mol. The van der Waals surface area contributed by atoms with Gasteiger partial charge in [-0.25, -0.2) is 0 Å². The molecule has 3 aliphatic rings. The second kappa shape index (κ2) is 20.3. The van der Waals surface area contributed by atoms with Crippen LogP contribution < -0.4 is 4.90 Å². The molecule has 0 spiro atoms. The lowest BCUT2D eigenvalue weighted by molar-refractivity contribution is 0.725. The van der Waals surface area contributed by atoms with Gasteiger partial charge in [-0.05, 0) is 128 Å². The molecule has 0 saturated carbocycles. The van der Waals surface area contributed by atoms with E-state index in [2.05, 4.69) is 211 Å². The Morgan fingerprint density at radius 2 is 1.21 bits per heavy atom. The van der Waals surface area contributed by atoms with Gasteiger partial charge in [-0.15, -0.1) is 0 Å². The fourth-order valence-corrected chi connectivity index (χ4v) is 7.99. The zero-order chi connectivity index (χ0) is 40.9. The van der Waals surface area contributed by atoms with Gasteiger partial charge in [0.15, 0.2) is 0 Å². The lowest BCUT2D eigenvalue weighted by Crippen LogP contribution is -2.29. The number of para-hydroxylation sites is 1. The SMILES string of the molecule is C/C=C\c1ccc(C)c(-c2cc(C3=CC4c5ccccc5N(C)C4C=C3)ccc2C)c1C.C1=CC(c2ccccc2)=CCC1.Cc1ccccc1.Cc1ccccc1. The highest BCUT2D eigenvalue weighted by atomic mass is 15.2. The van der Waals surface area contributed by atoms with Crippen molar-refractivity contribution in [1.82, 2.24) is 0 Å². The third-order valence-electron chi connectivity index (χ3n) is 11.2. The Bertz CT molecular complexity index is 2370. The minimum atomic E-state index is 0.405. The molecule has 2 atom stereocenters. The van der Waals surface area contributed by atoms with Gasteiger partial charge in [0.2, 0.25) is 0 Å². The third kappa shape index (κ3) is 10.4. The van der Waals surface area contributed by atoms with Gasteiger partial charge in [-0.2, -0.15) is 0 Å². The van der Waals surface area contributed by atoms with Gasteiger partial charge >= 0.3 is 0 Å². The van der Waals surface area contributed by atoms with Crippen LogP contribution >= 0.6 is 0 Å². The maximum atomic E-state index is 2.47. The summed E-state index contributed by atoms with van der Waals surface area (Å²) in [6, 6.07) is 51.7. The molecule has 0 aromatic heterocycles. The van der Waals surface area contributed by atoms with Gasteiger partial charge in [0.05, 0.1) is 6.04 Å². The highest BCUT2D eigenvalue weighted by Crippen LogP contribution is 2.45. The number of benzene rings is 6. The minimum Gasteiger partial charge on any atom is -0.367 e. The van der Waals surface area contributed by atoms with Gasteiger partial charge in [-0.1, -0.05) is 193 Å². The lowest BCUT2D eigenvalue weighted by Gasteiger charge is -2.26. The first-order chi connectivity index (χ1) is 28.2. The smallest absolute Gasteiger partial charge is 0.0577 e. The molecular weight excluding hydrogens is 699 g/mol. The molecule has 0 fully saturated rings. The number of hydrogen-bond acceptors (Lipinski definition) is 1. The zero-order valence-electron chi connectivity index (χ0n) is 35.5. The van der Waals surface area contributed by atoms with Crippen LogP contribution in [0.5, 0.6) is 0 Å². The number of aryl methyl sites for hydroxylation is 4. The summed E-state index contributed by atoms with van der Waals surface area (Å²) in [5.41, 5.74) is 18.7. The molecule has 0 N–H and O–H groups in total. The second-order valence-corrected chi connectivity index (χ2v) is 15.5. The largest absolute Gasteiger partial charge is 0.367 e. The highest BCUT2D eigenvalue weighted by Gasteiger charge is 2.35. The van der Waals surface area contributed by atoms with Crippen molar-refractivity contribution in [2.45, 2.75) is 66.3 Å². The molecule has 58 heavy (non-hydrogen) atoms. The van der Waals surface area contributed by atoms with Crippen LogP contribution in [0.25, 0.3) is 28.3 Å². The first kappa shape index (κ1) is 41.5. The molecule has 6 aromatic rings. The van der Waals surface area contributed by atoms with Crippen molar-refractivity contribution in [3.8, 4) is 11.1 Å². The van der Waals surface area contributed by atoms with Crippen LogP contribution in [-0.2, 0) is 0 Å². The molecule has 1 heteroatoms. The van der Waals surface area contributed by atoms with Crippen LogP contribution in [0.15, 0.2) is 188 Å². The van der Waals surface area contributed by atoms with E-state index in [0.717, 1.165) is 0 Å². The third-order valence-corrected chi connectivity index (χ3v) is 11.2. The van der Waals surface area contributed by atoms with Gasteiger partial charge < -0.3 is 4.90 Å². The first-order valence-corrected chi connectivity index (χ1v) is 20.8. The van der Waals surface area contributed by atoms with Gasteiger partial charge in [0.1, 0.15) is 0 Å². The Morgan fingerprint density at radius 3 is 1.81 bits per heavy atom. The van der Waals surface area contributed by atoms with E-state index < -0.39 is 0 Å². The summed E-state index contributed by atoms with van der Waals surface area (Å²) >= 11 is 0. The number of fused-ring (bicyclic) bond motifs is 3. The van der Waals surface area contributed by atoms with Crippen LogP contribution in [0.2, 0.25) is 0 Å². The monoisotopic (exact) mass is 757 g/mol. The summed E-state index contributed by atoms with van der Waals surface area (Å²) in [6.45, 7) is 12.9. The Balaban J connectivity index is 0.000000175. The summed E-state index contributed by atoms with van der Waals surface area (Å²) in [6.07, 6.45) is 20.6. The average Bonchev–Trinajstić information content (AvgIpc) is 3.55. The van der Waals surface area contributed by atoms with Gasteiger partial charge in [0, 0.05) is 18.7 Å². The molecule has 6 aromatic carbocycles. The molecular formula is C57H59N. The summed E-state index contributed by atoms with van der Waals surface area (Å²) in [7, 11) is 2.21. The van der Waals surface area contributed by atoms with E-state index in [1.165, 1.54) is 90.9 Å². The lowest BCUT2D eigenvalue weighted by atomic mass is 9.84. The Kier molecular flexibility index (Phi) is 14.5. The van der Waals surface area contributed by atoms with Crippen molar-refractivity contribution < 1.29 is 0 Å². The number of likely N-dealkylation sites (N-methyl/N-ethyl adjacent to an activating group) is 1. The molecule has 0 amide bonds. The molecule has 2 unspecified atom stereocenters. The van der Waals surface area contributed by atoms with Crippen molar-refractivity contribution in [3.63, 3.8) is 0 Å². The van der Waals surface area contributed by atoms with E-state index >= 15 is 0 Å². The van der Waals surface area contributed by atoms with Crippen molar-refractivity contribution in [1.29, 1.82) is 0 Å². The molecule has 1 aliphatic heterocycles. The highest BCUT2D eigenvalue weighted by molar-refractivity contribution is 5.85. The van der Waals surface area contributed by atoms with Crippen molar-refractivity contribution in [2.75, 3.05) is 11.9 Å². The number of nitrogens with zero attached hydrogens (tertiary/aromatic N) is 1. The number of rotatable bonds is 4. The molecule has 0 saturated heterocycles. The molecule has 292 valence electrons. The number of allylic oxidation sites excluding steroid dienone is 7. The number of hydrogen-bond donors (Lipinski definition) is 0. The van der Waals surface area contributed by atoms with Crippen molar-refractivity contribution in [3.05, 3.63) is 238 Å².